The first-order valence-corrected chi connectivity index (χ1v) is 8.29. The van der Waals surface area contributed by atoms with E-state index in [0.29, 0.717) is 35.6 Å². The molecule has 0 aliphatic carbocycles. The molecule has 4 atom stereocenters. The number of carbonyl (C=O) groups excluding carboxylic acids is 1. The molecule has 5 nitrogen and oxygen atoms in total. The monoisotopic (exact) mass is 314 g/mol. The third kappa shape index (κ3) is 2.70. The molecule has 0 aromatic heterocycles. The van der Waals surface area contributed by atoms with Gasteiger partial charge in [0.2, 0.25) is 6.79 Å². The van der Waals surface area contributed by atoms with Crippen LogP contribution in [0.5, 0.6) is 11.5 Å². The Morgan fingerprint density at radius 2 is 2.26 bits per heavy atom. The molecule has 4 heterocycles. The van der Waals surface area contributed by atoms with Crippen LogP contribution in [0.3, 0.4) is 0 Å². The van der Waals surface area contributed by atoms with Gasteiger partial charge in [-0.15, -0.1) is 6.58 Å². The Hall–Kier alpha value is -2.01. The lowest BCUT2D eigenvalue weighted by molar-refractivity contribution is 0.0195. The standard InChI is InChI=1S/C18H22N2O3/c1-2-12-10-20-6-5-13(12)7-15(20)9-19-18(21)14-3-4-16-17(8-14)23-11-22-16/h2-4,8,12-13,15H,1,5-7,9-11H2,(H,19,21). The molecular formula is C18H22N2O3. The van der Waals surface area contributed by atoms with E-state index in [1.54, 1.807) is 18.2 Å². The smallest absolute Gasteiger partial charge is 0.251 e. The Morgan fingerprint density at radius 1 is 1.39 bits per heavy atom. The van der Waals surface area contributed by atoms with E-state index in [9.17, 15) is 4.79 Å². The molecule has 0 radical (unpaired) electrons. The van der Waals surface area contributed by atoms with Crippen molar-refractivity contribution in [2.24, 2.45) is 11.8 Å². The number of hydrogen-bond donors (Lipinski definition) is 1. The first kappa shape index (κ1) is 14.6. The number of nitrogens with zero attached hydrogens (tertiary/aromatic N) is 1. The Balaban J connectivity index is 1.36. The van der Waals surface area contributed by atoms with Crippen molar-refractivity contribution < 1.29 is 14.3 Å². The van der Waals surface area contributed by atoms with Crippen LogP contribution in [0.4, 0.5) is 0 Å². The van der Waals surface area contributed by atoms with E-state index in [-0.39, 0.29) is 12.7 Å². The molecule has 1 aromatic carbocycles. The number of fused-ring (bicyclic) bond motifs is 4. The molecule has 122 valence electrons. The number of nitrogens with one attached hydrogen (secondary N) is 1. The van der Waals surface area contributed by atoms with E-state index in [0.717, 1.165) is 25.4 Å². The third-order valence-electron chi connectivity index (χ3n) is 5.36. The first-order valence-electron chi connectivity index (χ1n) is 8.29. The van der Waals surface area contributed by atoms with Gasteiger partial charge in [0.1, 0.15) is 0 Å². The molecule has 4 aliphatic rings. The normalized spacial score (nSPS) is 31.0. The van der Waals surface area contributed by atoms with Gasteiger partial charge in [-0.25, -0.2) is 0 Å². The van der Waals surface area contributed by atoms with Crippen LogP contribution in [-0.4, -0.2) is 43.3 Å². The van der Waals surface area contributed by atoms with Gasteiger partial charge in [0, 0.05) is 24.7 Å². The van der Waals surface area contributed by atoms with Crippen LogP contribution in [0.1, 0.15) is 23.2 Å². The molecule has 1 aromatic rings. The summed E-state index contributed by atoms with van der Waals surface area (Å²) in [4.78, 5) is 14.9. The van der Waals surface area contributed by atoms with Crippen LogP contribution in [0.25, 0.3) is 0 Å². The largest absolute Gasteiger partial charge is 0.454 e. The van der Waals surface area contributed by atoms with Crippen molar-refractivity contribution in [3.8, 4) is 11.5 Å². The fourth-order valence-electron chi connectivity index (χ4n) is 4.01. The van der Waals surface area contributed by atoms with E-state index in [2.05, 4.69) is 22.9 Å². The van der Waals surface area contributed by atoms with Gasteiger partial charge in [-0.1, -0.05) is 6.08 Å². The fourth-order valence-corrected chi connectivity index (χ4v) is 4.01. The minimum atomic E-state index is -0.0498. The second-order valence-electron chi connectivity index (χ2n) is 6.61. The third-order valence-corrected chi connectivity index (χ3v) is 5.36. The van der Waals surface area contributed by atoms with Crippen molar-refractivity contribution in [2.45, 2.75) is 18.9 Å². The number of amides is 1. The van der Waals surface area contributed by atoms with Crippen molar-refractivity contribution in [1.29, 1.82) is 0 Å². The molecule has 3 saturated heterocycles. The van der Waals surface area contributed by atoms with E-state index in [1.165, 1.54) is 6.42 Å². The van der Waals surface area contributed by atoms with Gasteiger partial charge in [0.25, 0.3) is 5.91 Å². The number of ether oxygens (including phenoxy) is 2. The van der Waals surface area contributed by atoms with Gasteiger partial charge in [-0.3, -0.25) is 9.69 Å². The molecule has 1 N–H and O–H groups in total. The topological polar surface area (TPSA) is 50.8 Å². The molecule has 3 fully saturated rings. The van der Waals surface area contributed by atoms with Crippen molar-refractivity contribution in [3.05, 3.63) is 36.4 Å². The summed E-state index contributed by atoms with van der Waals surface area (Å²) in [7, 11) is 0. The van der Waals surface area contributed by atoms with Gasteiger partial charge < -0.3 is 14.8 Å². The van der Waals surface area contributed by atoms with Gasteiger partial charge >= 0.3 is 0 Å². The summed E-state index contributed by atoms with van der Waals surface area (Å²) < 4.78 is 10.6. The maximum atomic E-state index is 12.4. The summed E-state index contributed by atoms with van der Waals surface area (Å²) in [5, 5.41) is 3.07. The number of carbonyl (C=O) groups is 1. The molecule has 2 bridgehead atoms. The highest BCUT2D eigenvalue weighted by molar-refractivity contribution is 5.94. The first-order chi connectivity index (χ1) is 11.2. The Kier molecular flexibility index (Phi) is 3.73. The zero-order valence-electron chi connectivity index (χ0n) is 13.2. The second kappa shape index (κ2) is 5.89. The predicted octanol–water partition coefficient (Wildman–Crippen LogP) is 2.04. The van der Waals surface area contributed by atoms with E-state index in [4.69, 9.17) is 9.47 Å². The van der Waals surface area contributed by atoms with Crippen LogP contribution in [0.15, 0.2) is 30.9 Å². The van der Waals surface area contributed by atoms with Gasteiger partial charge in [-0.2, -0.15) is 0 Å². The Morgan fingerprint density at radius 3 is 3.04 bits per heavy atom. The zero-order valence-corrected chi connectivity index (χ0v) is 13.2. The zero-order chi connectivity index (χ0) is 15.8. The quantitative estimate of drug-likeness (QED) is 0.864. The molecule has 23 heavy (non-hydrogen) atoms. The lowest BCUT2D eigenvalue weighted by atomic mass is 9.75. The second-order valence-corrected chi connectivity index (χ2v) is 6.61. The highest BCUT2D eigenvalue weighted by Crippen LogP contribution is 2.36. The molecule has 1 amide bonds. The number of benzene rings is 1. The highest BCUT2D eigenvalue weighted by atomic mass is 16.7. The van der Waals surface area contributed by atoms with Crippen molar-refractivity contribution in [3.63, 3.8) is 0 Å². The summed E-state index contributed by atoms with van der Waals surface area (Å²) >= 11 is 0. The SMILES string of the molecule is C=CC1CN2CCC1CC2CNC(=O)c1ccc2c(c1)OCO2. The van der Waals surface area contributed by atoms with Crippen molar-refractivity contribution >= 4 is 5.91 Å². The average Bonchev–Trinajstić information content (AvgIpc) is 3.07. The summed E-state index contributed by atoms with van der Waals surface area (Å²) in [6.45, 7) is 7.10. The van der Waals surface area contributed by atoms with Crippen LogP contribution in [0.2, 0.25) is 0 Å². The Labute approximate surface area is 136 Å². The molecule has 5 rings (SSSR count). The lowest BCUT2D eigenvalue weighted by Gasteiger charge is -2.49. The van der Waals surface area contributed by atoms with Crippen molar-refractivity contribution in [1.82, 2.24) is 10.2 Å². The number of hydrogen-bond acceptors (Lipinski definition) is 4. The maximum absolute atomic E-state index is 12.4. The summed E-state index contributed by atoms with van der Waals surface area (Å²) in [5.74, 6) is 2.64. The van der Waals surface area contributed by atoms with Crippen LogP contribution in [0, 0.1) is 11.8 Å². The minimum absolute atomic E-state index is 0.0498. The molecule has 0 spiro atoms. The van der Waals surface area contributed by atoms with E-state index < -0.39 is 0 Å². The molecule has 4 unspecified atom stereocenters. The van der Waals surface area contributed by atoms with E-state index >= 15 is 0 Å². The summed E-state index contributed by atoms with van der Waals surface area (Å²) in [6, 6.07) is 5.77. The van der Waals surface area contributed by atoms with Crippen LogP contribution in [-0.2, 0) is 0 Å². The van der Waals surface area contributed by atoms with Crippen molar-refractivity contribution in [2.75, 3.05) is 26.4 Å². The number of rotatable bonds is 4. The van der Waals surface area contributed by atoms with Gasteiger partial charge in [-0.05, 0) is 49.4 Å². The fraction of sp³-hybridized carbons (Fsp3) is 0.500. The molecule has 5 heteroatoms. The minimum Gasteiger partial charge on any atom is -0.454 e. The Bertz CT molecular complexity index is 631. The molecule has 4 aliphatic heterocycles. The van der Waals surface area contributed by atoms with Gasteiger partial charge in [0.15, 0.2) is 11.5 Å². The lowest BCUT2D eigenvalue weighted by Crippen LogP contribution is -2.56. The molecule has 0 saturated carbocycles. The van der Waals surface area contributed by atoms with E-state index in [1.807, 2.05) is 0 Å². The molecular weight excluding hydrogens is 292 g/mol. The van der Waals surface area contributed by atoms with Gasteiger partial charge in [0.05, 0.1) is 0 Å². The number of piperidine rings is 3. The predicted molar refractivity (Wildman–Crippen MR) is 86.7 cm³/mol. The summed E-state index contributed by atoms with van der Waals surface area (Å²) in [5.41, 5.74) is 0.620. The average molecular weight is 314 g/mol. The summed E-state index contributed by atoms with van der Waals surface area (Å²) in [6.07, 6.45) is 4.50. The van der Waals surface area contributed by atoms with Crippen LogP contribution < -0.4 is 14.8 Å². The van der Waals surface area contributed by atoms with Crippen LogP contribution >= 0.6 is 0 Å². The maximum Gasteiger partial charge on any atom is 0.251 e. The highest BCUT2D eigenvalue weighted by Gasteiger charge is 2.38.